The normalized spacial score (nSPS) is 15.1. The van der Waals surface area contributed by atoms with Crippen LogP contribution in [0.5, 0.6) is 0 Å². The van der Waals surface area contributed by atoms with E-state index in [0.717, 1.165) is 6.42 Å². The van der Waals surface area contributed by atoms with Crippen LogP contribution in [-0.2, 0) is 11.2 Å². The molecule has 6 nitrogen and oxygen atoms in total. The van der Waals surface area contributed by atoms with Crippen molar-refractivity contribution in [3.05, 3.63) is 21.9 Å². The number of carbonyl (C=O) groups is 1. The van der Waals surface area contributed by atoms with Crippen LogP contribution in [0.25, 0.3) is 0 Å². The third-order valence-corrected chi connectivity index (χ3v) is 2.76. The monoisotopic (exact) mass is 265 g/mol. The van der Waals surface area contributed by atoms with Crippen LogP contribution in [0.3, 0.4) is 0 Å². The van der Waals surface area contributed by atoms with E-state index in [1.165, 1.54) is 4.90 Å². The van der Waals surface area contributed by atoms with Gasteiger partial charge in [-0.25, -0.2) is 9.78 Å². The molecule has 1 amide bonds. The van der Waals surface area contributed by atoms with E-state index in [0.29, 0.717) is 30.2 Å². The Kier molecular flexibility index (Phi) is 3.34. The Morgan fingerprint density at radius 3 is 2.74 bits per heavy atom. The molecule has 0 atom stereocenters. The molecule has 1 aliphatic heterocycles. The molecule has 0 saturated carbocycles. The number of hydrogen-bond acceptors (Lipinski definition) is 4. The van der Waals surface area contributed by atoms with Gasteiger partial charge in [0.25, 0.3) is 5.56 Å². The first kappa shape index (κ1) is 13.6. The van der Waals surface area contributed by atoms with Crippen molar-refractivity contribution in [1.29, 1.82) is 0 Å². The Hall–Kier alpha value is -1.85. The number of aromatic amines is 1. The highest BCUT2D eigenvalue weighted by molar-refractivity contribution is 5.88. The molecule has 0 radical (unpaired) electrons. The molecule has 0 spiro atoms. The molecule has 0 bridgehead atoms. The molecule has 2 rings (SSSR count). The quantitative estimate of drug-likeness (QED) is 0.775. The first-order chi connectivity index (χ1) is 8.78. The van der Waals surface area contributed by atoms with Crippen molar-refractivity contribution in [3.8, 4) is 0 Å². The second-order valence-electron chi connectivity index (χ2n) is 5.68. The standard InChI is InChI=1S/C13H19N3O3/c1-8-14-9-6-5-7-16(10(9)11(17)15-8)12(18)19-13(2,3)4/h5-7H2,1-4H3,(H,14,15,17). The molecule has 2 heterocycles. The molecule has 0 unspecified atom stereocenters. The maximum Gasteiger partial charge on any atom is 0.415 e. The van der Waals surface area contributed by atoms with E-state index in [2.05, 4.69) is 9.97 Å². The van der Waals surface area contributed by atoms with E-state index in [-0.39, 0.29) is 5.56 Å². The number of fused-ring (bicyclic) bond motifs is 1. The Morgan fingerprint density at radius 1 is 1.42 bits per heavy atom. The molecule has 0 saturated heterocycles. The molecule has 1 N–H and O–H groups in total. The van der Waals surface area contributed by atoms with E-state index in [1.807, 2.05) is 0 Å². The number of H-pyrrole nitrogens is 1. The molecular weight excluding hydrogens is 246 g/mol. The molecule has 19 heavy (non-hydrogen) atoms. The number of amides is 1. The molecular formula is C13H19N3O3. The van der Waals surface area contributed by atoms with Crippen LogP contribution in [0, 0.1) is 6.92 Å². The fraction of sp³-hybridized carbons (Fsp3) is 0.615. The van der Waals surface area contributed by atoms with Gasteiger partial charge in [0, 0.05) is 6.54 Å². The molecule has 1 aromatic heterocycles. The second-order valence-corrected chi connectivity index (χ2v) is 5.68. The van der Waals surface area contributed by atoms with Crippen molar-refractivity contribution in [2.45, 2.75) is 46.1 Å². The lowest BCUT2D eigenvalue weighted by Gasteiger charge is -2.30. The van der Waals surface area contributed by atoms with Gasteiger partial charge in [-0.05, 0) is 40.5 Å². The number of anilines is 1. The molecule has 1 aliphatic rings. The molecule has 6 heteroatoms. The minimum absolute atomic E-state index is 0.284. The number of nitrogens with one attached hydrogen (secondary N) is 1. The number of carbonyl (C=O) groups excluding carboxylic acids is 1. The fourth-order valence-corrected chi connectivity index (χ4v) is 2.11. The molecule has 0 aromatic carbocycles. The Balaban J connectivity index is 2.38. The summed E-state index contributed by atoms with van der Waals surface area (Å²) in [6.07, 6.45) is 0.992. The van der Waals surface area contributed by atoms with Crippen LogP contribution in [-0.4, -0.2) is 28.2 Å². The summed E-state index contributed by atoms with van der Waals surface area (Å²) in [6, 6.07) is 0. The molecule has 0 fully saturated rings. The van der Waals surface area contributed by atoms with Gasteiger partial charge >= 0.3 is 6.09 Å². The third-order valence-electron chi connectivity index (χ3n) is 2.76. The summed E-state index contributed by atoms with van der Waals surface area (Å²) in [4.78, 5) is 32.5. The number of rotatable bonds is 0. The van der Waals surface area contributed by atoms with E-state index in [1.54, 1.807) is 27.7 Å². The zero-order chi connectivity index (χ0) is 14.2. The van der Waals surface area contributed by atoms with Gasteiger partial charge in [0.2, 0.25) is 0 Å². The average Bonchev–Trinajstić information content (AvgIpc) is 2.25. The number of aryl methyl sites for hydroxylation is 2. The molecule has 104 valence electrons. The second kappa shape index (κ2) is 4.68. The first-order valence-electron chi connectivity index (χ1n) is 6.38. The topological polar surface area (TPSA) is 75.3 Å². The van der Waals surface area contributed by atoms with Crippen LogP contribution in [0.1, 0.15) is 38.7 Å². The fourth-order valence-electron chi connectivity index (χ4n) is 2.11. The van der Waals surface area contributed by atoms with E-state index >= 15 is 0 Å². The average molecular weight is 265 g/mol. The van der Waals surface area contributed by atoms with Crippen molar-refractivity contribution in [2.75, 3.05) is 11.4 Å². The third kappa shape index (κ3) is 2.94. The Labute approximate surface area is 111 Å². The van der Waals surface area contributed by atoms with E-state index in [4.69, 9.17) is 4.74 Å². The minimum Gasteiger partial charge on any atom is -0.443 e. The largest absolute Gasteiger partial charge is 0.443 e. The van der Waals surface area contributed by atoms with Crippen molar-refractivity contribution in [3.63, 3.8) is 0 Å². The predicted octanol–water partition coefficient (Wildman–Crippen LogP) is 1.77. The summed E-state index contributed by atoms with van der Waals surface area (Å²) < 4.78 is 5.33. The van der Waals surface area contributed by atoms with Crippen LogP contribution in [0.2, 0.25) is 0 Å². The number of aromatic nitrogens is 2. The van der Waals surface area contributed by atoms with Gasteiger partial charge in [-0.1, -0.05) is 0 Å². The maximum absolute atomic E-state index is 12.1. The zero-order valence-electron chi connectivity index (χ0n) is 11.7. The summed E-state index contributed by atoms with van der Waals surface area (Å²) in [5.74, 6) is 0.565. The minimum atomic E-state index is -0.584. The summed E-state index contributed by atoms with van der Waals surface area (Å²) in [5.41, 5.74) is 0.122. The zero-order valence-corrected chi connectivity index (χ0v) is 11.7. The van der Waals surface area contributed by atoms with Gasteiger partial charge in [-0.3, -0.25) is 9.69 Å². The highest BCUT2D eigenvalue weighted by Crippen LogP contribution is 2.23. The van der Waals surface area contributed by atoms with Gasteiger partial charge < -0.3 is 9.72 Å². The number of ether oxygens (including phenoxy) is 1. The highest BCUT2D eigenvalue weighted by Gasteiger charge is 2.30. The van der Waals surface area contributed by atoms with Crippen LogP contribution >= 0.6 is 0 Å². The molecule has 1 aromatic rings. The van der Waals surface area contributed by atoms with E-state index < -0.39 is 11.7 Å². The Bertz CT molecular complexity index is 557. The lowest BCUT2D eigenvalue weighted by atomic mass is 10.1. The van der Waals surface area contributed by atoms with Crippen LogP contribution in [0.15, 0.2) is 4.79 Å². The molecule has 0 aliphatic carbocycles. The maximum atomic E-state index is 12.1. The lowest BCUT2D eigenvalue weighted by Crippen LogP contribution is -2.43. The van der Waals surface area contributed by atoms with Crippen molar-refractivity contribution in [1.82, 2.24) is 9.97 Å². The summed E-state index contributed by atoms with van der Waals surface area (Å²) in [6.45, 7) is 7.61. The SMILES string of the molecule is Cc1nc2c(c(=O)[nH]1)N(C(=O)OC(C)(C)C)CCC2. The van der Waals surface area contributed by atoms with Gasteiger partial charge in [-0.2, -0.15) is 0 Å². The summed E-state index contributed by atoms with van der Waals surface area (Å²) >= 11 is 0. The Morgan fingerprint density at radius 2 is 2.11 bits per heavy atom. The van der Waals surface area contributed by atoms with Gasteiger partial charge in [0.05, 0.1) is 5.69 Å². The highest BCUT2D eigenvalue weighted by atomic mass is 16.6. The van der Waals surface area contributed by atoms with E-state index in [9.17, 15) is 9.59 Å². The number of nitrogens with zero attached hydrogens (tertiary/aromatic N) is 2. The predicted molar refractivity (Wildman–Crippen MR) is 71.5 cm³/mol. The van der Waals surface area contributed by atoms with Gasteiger partial charge in [-0.15, -0.1) is 0 Å². The summed E-state index contributed by atoms with van der Waals surface area (Å²) in [7, 11) is 0. The van der Waals surface area contributed by atoms with Gasteiger partial charge in [0.15, 0.2) is 0 Å². The van der Waals surface area contributed by atoms with Crippen molar-refractivity contribution in [2.24, 2.45) is 0 Å². The van der Waals surface area contributed by atoms with Crippen LogP contribution < -0.4 is 10.5 Å². The smallest absolute Gasteiger partial charge is 0.415 e. The van der Waals surface area contributed by atoms with Gasteiger partial charge in [0.1, 0.15) is 17.1 Å². The van der Waals surface area contributed by atoms with Crippen LogP contribution in [0.4, 0.5) is 10.5 Å². The van der Waals surface area contributed by atoms with Crippen molar-refractivity contribution >= 4 is 11.8 Å². The first-order valence-corrected chi connectivity index (χ1v) is 6.38. The summed E-state index contributed by atoms with van der Waals surface area (Å²) in [5, 5.41) is 0. The lowest BCUT2D eigenvalue weighted by molar-refractivity contribution is 0.0577. The number of hydrogen-bond donors (Lipinski definition) is 1. The van der Waals surface area contributed by atoms with Crippen molar-refractivity contribution < 1.29 is 9.53 Å².